The van der Waals surface area contributed by atoms with Gasteiger partial charge in [-0.25, -0.2) is 39.9 Å². The topological polar surface area (TPSA) is 30.9 Å². The molecule has 0 unspecified atom stereocenters. The van der Waals surface area contributed by atoms with Crippen LogP contribution in [0.3, 0.4) is 0 Å². The minimum absolute atomic E-state index is 0.190. The van der Waals surface area contributed by atoms with E-state index in [-0.39, 0.29) is 10.6 Å². The lowest BCUT2D eigenvalue weighted by Gasteiger charge is -2.31. The zero-order chi connectivity index (χ0) is 30.2. The summed E-state index contributed by atoms with van der Waals surface area (Å²) in [4.78, 5) is 2.26. The van der Waals surface area contributed by atoms with Crippen LogP contribution in [-0.2, 0) is 0 Å². The van der Waals surface area contributed by atoms with E-state index in [0.717, 1.165) is 9.80 Å². The second kappa shape index (κ2) is 11.4. The van der Waals surface area contributed by atoms with Gasteiger partial charge in [-0.2, -0.15) is 0 Å². The Morgan fingerprint density at radius 2 is 0.854 bits per heavy atom. The summed E-state index contributed by atoms with van der Waals surface area (Å²) in [5, 5.41) is 2.86. The first-order valence-electron chi connectivity index (χ1n) is 11.9. The lowest BCUT2D eigenvalue weighted by Crippen LogP contribution is -2.24. The molecule has 13 heteroatoms. The Labute approximate surface area is 231 Å². The van der Waals surface area contributed by atoms with Crippen LogP contribution < -0.4 is 25.5 Å². The van der Waals surface area contributed by atoms with Gasteiger partial charge in [-0.3, -0.25) is 0 Å². The molecule has 0 heterocycles. The van der Waals surface area contributed by atoms with Crippen LogP contribution >= 0.6 is 7.21 Å². The molecule has 0 aliphatic rings. The van der Waals surface area contributed by atoms with Crippen LogP contribution in [0.25, 0.3) is 0 Å². The number of rotatable bonds is 7. The number of hydrogen-bond donors (Lipinski definition) is 1. The zero-order valence-electron chi connectivity index (χ0n) is 22.1. The highest BCUT2D eigenvalue weighted by molar-refractivity contribution is 7.82. The maximum absolute atomic E-state index is 15.3. The Kier molecular flexibility index (Phi) is 8.35. The monoisotopic (exact) mass is 598 g/mol. The van der Waals surface area contributed by atoms with E-state index in [1.165, 1.54) is 76.7 Å². The summed E-state index contributed by atoms with van der Waals surface area (Å²) in [6.45, 7) is 0. The summed E-state index contributed by atoms with van der Waals surface area (Å²) in [6, 6.07) is 15.3. The van der Waals surface area contributed by atoms with Crippen LogP contribution in [-0.4, -0.2) is 28.2 Å². The van der Waals surface area contributed by atoms with E-state index in [1.807, 2.05) is 0 Å². The molecular formula is C28H23F8N4P. The first kappa shape index (κ1) is 29.9. The average Bonchev–Trinajstić information content (AvgIpc) is 2.96. The standard InChI is InChI=1S/C28H23F8N4P/c1-39(2)27-23(35)20(32)24(36)28(40(3)4)26(27)38-41(15-11-7-5-8-12-15,16-13-9-6-10-14-16)37-25-21(33)18(30)17(29)19(31)22(25)34/h5-14,37H,1-4H3. The molecule has 216 valence electrons. The van der Waals surface area contributed by atoms with Gasteiger partial charge in [0.15, 0.2) is 40.7 Å². The summed E-state index contributed by atoms with van der Waals surface area (Å²) in [5.74, 6) is -16.1. The number of halogens is 8. The third-order valence-electron chi connectivity index (χ3n) is 6.14. The number of anilines is 3. The second-order valence-electron chi connectivity index (χ2n) is 9.24. The fraction of sp³-hybridized carbons (Fsp3) is 0.143. The average molecular weight is 598 g/mol. The van der Waals surface area contributed by atoms with Crippen molar-refractivity contribution < 1.29 is 35.1 Å². The third-order valence-corrected chi connectivity index (χ3v) is 9.28. The van der Waals surface area contributed by atoms with Crippen LogP contribution in [0.15, 0.2) is 65.4 Å². The van der Waals surface area contributed by atoms with Crippen molar-refractivity contribution in [1.29, 1.82) is 0 Å². The van der Waals surface area contributed by atoms with Crippen molar-refractivity contribution in [1.82, 2.24) is 0 Å². The molecule has 4 rings (SSSR count). The predicted molar refractivity (Wildman–Crippen MR) is 146 cm³/mol. The fourth-order valence-corrected chi connectivity index (χ4v) is 7.31. The van der Waals surface area contributed by atoms with Crippen molar-refractivity contribution in [3.63, 3.8) is 0 Å². The van der Waals surface area contributed by atoms with Crippen LogP contribution in [0.4, 0.5) is 57.9 Å². The van der Waals surface area contributed by atoms with Gasteiger partial charge in [0, 0.05) is 38.8 Å². The maximum atomic E-state index is 15.3. The summed E-state index contributed by atoms with van der Waals surface area (Å²) >= 11 is 0. The van der Waals surface area contributed by atoms with Gasteiger partial charge in [-0.05, 0) is 0 Å². The SMILES string of the molecule is CN(C)c1c(F)c(F)c(F)c(N(C)C)c1N=P(Nc1c(F)c(F)c(F)c(F)c1F)(c1ccccc1)c1ccccc1. The first-order chi connectivity index (χ1) is 19.3. The lowest BCUT2D eigenvalue weighted by molar-refractivity contribution is 0.382. The smallest absolute Gasteiger partial charge is 0.200 e. The zero-order valence-corrected chi connectivity index (χ0v) is 23.0. The molecule has 0 atom stereocenters. The Morgan fingerprint density at radius 1 is 0.512 bits per heavy atom. The molecule has 0 aliphatic heterocycles. The first-order valence-corrected chi connectivity index (χ1v) is 13.7. The molecule has 0 saturated heterocycles. The van der Waals surface area contributed by atoms with Crippen molar-refractivity contribution in [2.45, 2.75) is 0 Å². The van der Waals surface area contributed by atoms with Gasteiger partial charge in [0.05, 0.1) is 0 Å². The Balaban J connectivity index is 2.29. The van der Waals surface area contributed by atoms with E-state index in [1.54, 1.807) is 12.1 Å². The Morgan fingerprint density at radius 3 is 1.22 bits per heavy atom. The van der Waals surface area contributed by atoms with Gasteiger partial charge in [-0.15, -0.1) is 0 Å². The second-order valence-corrected chi connectivity index (χ2v) is 12.0. The summed E-state index contributed by atoms with van der Waals surface area (Å²) in [7, 11) is 1.37. The van der Waals surface area contributed by atoms with Crippen molar-refractivity contribution >= 4 is 40.6 Å². The van der Waals surface area contributed by atoms with E-state index in [0.29, 0.717) is 0 Å². The number of benzene rings is 4. The van der Waals surface area contributed by atoms with E-state index in [2.05, 4.69) is 5.09 Å². The molecule has 0 amide bonds. The lowest BCUT2D eigenvalue weighted by atomic mass is 10.1. The van der Waals surface area contributed by atoms with Crippen molar-refractivity contribution in [3.05, 3.63) is 107 Å². The van der Waals surface area contributed by atoms with Gasteiger partial charge < -0.3 is 14.9 Å². The van der Waals surface area contributed by atoms with Crippen LogP contribution in [0.1, 0.15) is 0 Å². The van der Waals surface area contributed by atoms with Crippen molar-refractivity contribution in [3.8, 4) is 0 Å². The van der Waals surface area contributed by atoms with E-state index in [4.69, 9.17) is 4.74 Å². The highest BCUT2D eigenvalue weighted by Crippen LogP contribution is 2.55. The number of nitrogens with one attached hydrogen (secondary N) is 1. The van der Waals surface area contributed by atoms with Crippen LogP contribution in [0.2, 0.25) is 0 Å². The molecule has 0 aromatic heterocycles. The summed E-state index contributed by atoms with van der Waals surface area (Å²) in [5.41, 5.74) is -2.88. The predicted octanol–water partition coefficient (Wildman–Crippen LogP) is 7.44. The highest BCUT2D eigenvalue weighted by Gasteiger charge is 2.35. The van der Waals surface area contributed by atoms with Crippen LogP contribution in [0, 0.1) is 46.5 Å². The van der Waals surface area contributed by atoms with Crippen molar-refractivity contribution in [2.24, 2.45) is 4.74 Å². The molecular weight excluding hydrogens is 575 g/mol. The molecule has 0 aliphatic carbocycles. The highest BCUT2D eigenvalue weighted by atomic mass is 31.2. The van der Waals surface area contributed by atoms with E-state index in [9.17, 15) is 17.6 Å². The fourth-order valence-electron chi connectivity index (χ4n) is 4.26. The Bertz CT molecular complexity index is 1550. The molecule has 41 heavy (non-hydrogen) atoms. The maximum Gasteiger partial charge on any atom is 0.200 e. The molecule has 4 aromatic carbocycles. The minimum Gasteiger partial charge on any atom is -0.373 e. The largest absolute Gasteiger partial charge is 0.373 e. The van der Waals surface area contributed by atoms with Gasteiger partial charge in [-0.1, -0.05) is 60.7 Å². The van der Waals surface area contributed by atoms with Gasteiger partial charge in [0.2, 0.25) is 5.82 Å². The molecule has 0 saturated carbocycles. The molecule has 0 bridgehead atoms. The molecule has 1 N–H and O–H groups in total. The third kappa shape index (κ3) is 5.12. The number of hydrogen-bond acceptors (Lipinski definition) is 3. The Hall–Kier alpha value is -4.05. The summed E-state index contributed by atoms with van der Waals surface area (Å²) in [6.07, 6.45) is 0. The minimum atomic E-state index is -4.01. The van der Waals surface area contributed by atoms with Gasteiger partial charge >= 0.3 is 0 Å². The quantitative estimate of drug-likeness (QED) is 0.104. The van der Waals surface area contributed by atoms with Gasteiger partial charge in [0.25, 0.3) is 0 Å². The summed E-state index contributed by atoms with van der Waals surface area (Å²) < 4.78 is 123. The molecule has 0 fully saturated rings. The van der Waals surface area contributed by atoms with Crippen LogP contribution in [0.5, 0.6) is 0 Å². The number of nitrogens with zero attached hydrogens (tertiary/aromatic N) is 3. The normalized spacial score (nSPS) is 11.4. The molecule has 0 spiro atoms. The van der Waals surface area contributed by atoms with Crippen molar-refractivity contribution in [2.75, 3.05) is 43.1 Å². The van der Waals surface area contributed by atoms with Gasteiger partial charge in [0.1, 0.15) is 30.0 Å². The molecule has 0 radical (unpaired) electrons. The molecule has 4 nitrogen and oxygen atoms in total. The van der Waals surface area contributed by atoms with E-state index < -0.39 is 76.5 Å². The van der Waals surface area contributed by atoms with E-state index >= 15 is 17.6 Å². The molecule has 4 aromatic rings.